The van der Waals surface area contributed by atoms with Crippen LogP contribution in [-0.2, 0) is 0 Å². The molecule has 0 aliphatic heterocycles. The highest BCUT2D eigenvalue weighted by atomic mass is 32.2. The summed E-state index contributed by atoms with van der Waals surface area (Å²) in [7, 11) is 0. The van der Waals surface area contributed by atoms with Crippen LogP contribution < -0.4 is 0 Å². The van der Waals surface area contributed by atoms with E-state index in [-0.39, 0.29) is 0 Å². The minimum absolute atomic E-state index is 0.291. The molecule has 0 amide bonds. The van der Waals surface area contributed by atoms with E-state index in [4.69, 9.17) is 0 Å². The summed E-state index contributed by atoms with van der Waals surface area (Å²) >= 11 is 1.47. The Bertz CT molecular complexity index is 680. The molecule has 0 atom stereocenters. The highest BCUT2D eigenvalue weighted by molar-refractivity contribution is 7.99. The number of aryl methyl sites for hydroxylation is 4. The van der Waals surface area contributed by atoms with Crippen LogP contribution >= 0.6 is 11.8 Å². The fourth-order valence-corrected chi connectivity index (χ4v) is 3.23. The maximum absolute atomic E-state index is 11.4. The minimum atomic E-state index is -0.929. The van der Waals surface area contributed by atoms with Gasteiger partial charge in [-0.2, -0.15) is 0 Å². The van der Waals surface area contributed by atoms with Crippen molar-refractivity contribution in [3.05, 3.63) is 52.3 Å². The largest absolute Gasteiger partial charge is 0.478 e. The van der Waals surface area contributed by atoms with Crippen LogP contribution in [0.4, 0.5) is 0 Å². The van der Waals surface area contributed by atoms with Crippen LogP contribution in [-0.4, -0.2) is 16.1 Å². The molecule has 1 N–H and O–H groups in total. The second-order valence-corrected chi connectivity index (χ2v) is 5.99. The van der Waals surface area contributed by atoms with Gasteiger partial charge in [-0.05, 0) is 57.0 Å². The molecule has 0 saturated heterocycles. The molecule has 0 aliphatic rings. The summed E-state index contributed by atoms with van der Waals surface area (Å²) in [6.07, 6.45) is 0. The van der Waals surface area contributed by atoms with Gasteiger partial charge in [0.1, 0.15) is 0 Å². The predicted molar refractivity (Wildman–Crippen MR) is 80.7 cm³/mol. The van der Waals surface area contributed by atoms with E-state index < -0.39 is 5.97 Å². The lowest BCUT2D eigenvalue weighted by atomic mass is 10.1. The van der Waals surface area contributed by atoms with Gasteiger partial charge in [-0.25, -0.2) is 4.79 Å². The average molecular weight is 287 g/mol. The second kappa shape index (κ2) is 5.67. The summed E-state index contributed by atoms with van der Waals surface area (Å²) in [4.78, 5) is 17.4. The van der Waals surface area contributed by atoms with Crippen molar-refractivity contribution in [2.75, 3.05) is 0 Å². The molecule has 4 heteroatoms. The van der Waals surface area contributed by atoms with Crippen LogP contribution in [0.5, 0.6) is 0 Å². The summed E-state index contributed by atoms with van der Waals surface area (Å²) in [5, 5.41) is 9.36. The normalized spacial score (nSPS) is 10.6. The smallest absolute Gasteiger partial charge is 0.338 e. The lowest BCUT2D eigenvalue weighted by Gasteiger charge is -2.10. The van der Waals surface area contributed by atoms with Gasteiger partial charge in [0.2, 0.25) is 0 Å². The van der Waals surface area contributed by atoms with Gasteiger partial charge in [0.15, 0.2) is 0 Å². The second-order valence-electron chi connectivity index (χ2n) is 4.88. The molecule has 0 radical (unpaired) electrons. The number of hydrogen-bond acceptors (Lipinski definition) is 3. The Kier molecular flexibility index (Phi) is 4.14. The van der Waals surface area contributed by atoms with Crippen LogP contribution in [0.25, 0.3) is 0 Å². The third-order valence-electron chi connectivity index (χ3n) is 3.21. The number of rotatable bonds is 3. The van der Waals surface area contributed by atoms with E-state index >= 15 is 0 Å². The molecule has 0 saturated carbocycles. The van der Waals surface area contributed by atoms with Gasteiger partial charge in [0.05, 0.1) is 11.3 Å². The summed E-state index contributed by atoms with van der Waals surface area (Å²) in [6.45, 7) is 7.73. The zero-order valence-electron chi connectivity index (χ0n) is 12.0. The van der Waals surface area contributed by atoms with Crippen LogP contribution in [0.2, 0.25) is 0 Å². The molecule has 1 aromatic carbocycles. The highest BCUT2D eigenvalue weighted by Crippen LogP contribution is 2.33. The SMILES string of the molecule is Cc1cc(Sc2ccc(C)c(C)c2)c(C(=O)O)c(C)n1. The molecular weight excluding hydrogens is 270 g/mol. The van der Waals surface area contributed by atoms with Gasteiger partial charge in [-0.3, -0.25) is 4.98 Å². The molecule has 0 bridgehead atoms. The van der Waals surface area contributed by atoms with Crippen molar-refractivity contribution in [3.8, 4) is 0 Å². The average Bonchev–Trinajstić information content (AvgIpc) is 2.32. The van der Waals surface area contributed by atoms with E-state index in [2.05, 4.69) is 31.0 Å². The van der Waals surface area contributed by atoms with Crippen molar-refractivity contribution < 1.29 is 9.90 Å². The zero-order valence-corrected chi connectivity index (χ0v) is 12.8. The fourth-order valence-electron chi connectivity index (χ4n) is 2.04. The Morgan fingerprint density at radius 1 is 1.10 bits per heavy atom. The maximum atomic E-state index is 11.4. The standard InChI is InChI=1S/C16H17NO2S/c1-9-5-6-13(7-10(9)2)20-14-8-11(3)17-12(4)15(14)16(18)19/h5-8H,1-4H3,(H,18,19). The van der Waals surface area contributed by atoms with Crippen molar-refractivity contribution in [3.63, 3.8) is 0 Å². The summed E-state index contributed by atoms with van der Waals surface area (Å²) in [6, 6.07) is 7.98. The number of pyridine rings is 1. The molecule has 1 aromatic heterocycles. The van der Waals surface area contributed by atoms with Crippen molar-refractivity contribution in [2.24, 2.45) is 0 Å². The van der Waals surface area contributed by atoms with Crippen molar-refractivity contribution in [1.82, 2.24) is 4.98 Å². The van der Waals surface area contributed by atoms with Crippen LogP contribution in [0.1, 0.15) is 32.9 Å². The van der Waals surface area contributed by atoms with E-state index in [1.54, 1.807) is 6.92 Å². The minimum Gasteiger partial charge on any atom is -0.478 e. The third kappa shape index (κ3) is 3.02. The van der Waals surface area contributed by atoms with Crippen LogP contribution in [0.3, 0.4) is 0 Å². The van der Waals surface area contributed by atoms with Gasteiger partial charge < -0.3 is 5.11 Å². The number of carbonyl (C=O) groups is 1. The maximum Gasteiger partial charge on any atom is 0.338 e. The first-order valence-corrected chi connectivity index (χ1v) is 7.17. The molecule has 0 unspecified atom stereocenters. The van der Waals surface area contributed by atoms with Crippen molar-refractivity contribution in [1.29, 1.82) is 0 Å². The molecule has 1 heterocycles. The molecule has 0 fully saturated rings. The van der Waals surface area contributed by atoms with E-state index in [9.17, 15) is 9.90 Å². The van der Waals surface area contributed by atoms with Crippen LogP contribution in [0.15, 0.2) is 34.1 Å². The molecular formula is C16H17NO2S. The highest BCUT2D eigenvalue weighted by Gasteiger charge is 2.16. The Balaban J connectivity index is 2.47. The topological polar surface area (TPSA) is 50.2 Å². The van der Waals surface area contributed by atoms with Crippen molar-refractivity contribution >= 4 is 17.7 Å². The van der Waals surface area contributed by atoms with Gasteiger partial charge in [-0.1, -0.05) is 17.8 Å². The number of carboxylic acids is 1. The van der Waals surface area contributed by atoms with E-state index in [0.717, 1.165) is 15.5 Å². The van der Waals surface area contributed by atoms with E-state index in [1.165, 1.54) is 22.9 Å². The molecule has 104 valence electrons. The summed E-state index contributed by atoms with van der Waals surface area (Å²) in [5.41, 5.74) is 4.12. The van der Waals surface area contributed by atoms with Crippen molar-refractivity contribution in [2.45, 2.75) is 37.5 Å². The quantitative estimate of drug-likeness (QED) is 0.920. The Hall–Kier alpha value is -1.81. The lowest BCUT2D eigenvalue weighted by molar-refractivity contribution is 0.0691. The number of benzene rings is 1. The van der Waals surface area contributed by atoms with Gasteiger partial charge in [0.25, 0.3) is 0 Å². The van der Waals surface area contributed by atoms with E-state index in [1.807, 2.05) is 19.1 Å². The number of aromatic carboxylic acids is 1. The molecule has 0 spiro atoms. The molecule has 2 aromatic rings. The summed E-state index contributed by atoms with van der Waals surface area (Å²) < 4.78 is 0. The van der Waals surface area contributed by atoms with Gasteiger partial charge >= 0.3 is 5.97 Å². The van der Waals surface area contributed by atoms with E-state index in [0.29, 0.717) is 11.3 Å². The predicted octanol–water partition coefficient (Wildman–Crippen LogP) is 4.16. The Morgan fingerprint density at radius 3 is 2.40 bits per heavy atom. The number of aromatic nitrogens is 1. The molecule has 2 rings (SSSR count). The Morgan fingerprint density at radius 2 is 1.80 bits per heavy atom. The van der Waals surface area contributed by atoms with Gasteiger partial charge in [0, 0.05) is 15.5 Å². The fraction of sp³-hybridized carbons (Fsp3) is 0.250. The number of nitrogens with zero attached hydrogens (tertiary/aromatic N) is 1. The zero-order chi connectivity index (χ0) is 14.9. The first kappa shape index (κ1) is 14.6. The monoisotopic (exact) mass is 287 g/mol. The molecule has 0 aliphatic carbocycles. The first-order valence-electron chi connectivity index (χ1n) is 6.35. The van der Waals surface area contributed by atoms with Gasteiger partial charge in [-0.15, -0.1) is 0 Å². The Labute approximate surface area is 123 Å². The first-order chi connectivity index (χ1) is 9.38. The lowest BCUT2D eigenvalue weighted by Crippen LogP contribution is -2.05. The number of carboxylic acid groups (broad SMARTS) is 1. The molecule has 3 nitrogen and oxygen atoms in total. The third-order valence-corrected chi connectivity index (χ3v) is 4.24. The summed E-state index contributed by atoms with van der Waals surface area (Å²) in [5.74, 6) is -0.929. The molecule has 20 heavy (non-hydrogen) atoms. The number of hydrogen-bond donors (Lipinski definition) is 1. The van der Waals surface area contributed by atoms with Crippen LogP contribution in [0, 0.1) is 27.7 Å².